The molecule has 1 heterocycles. The van der Waals surface area contributed by atoms with Gasteiger partial charge in [0.15, 0.2) is 11.6 Å². The molecule has 1 aromatic heterocycles. The first-order valence-corrected chi connectivity index (χ1v) is 8.61. The Bertz CT molecular complexity index is 1050. The minimum Gasteiger partial charge on any atom is -0.489 e. The van der Waals surface area contributed by atoms with E-state index in [1.165, 1.54) is 47.2 Å². The predicted molar refractivity (Wildman–Crippen MR) is 101 cm³/mol. The molecule has 144 valence electrons. The maximum atomic E-state index is 13.5. The number of nitrogens with zero attached hydrogens (tertiary/aromatic N) is 1. The lowest BCUT2D eigenvalue weighted by Crippen LogP contribution is -2.35. The first kappa shape index (κ1) is 19.3. The van der Waals surface area contributed by atoms with Gasteiger partial charge in [0.1, 0.15) is 18.0 Å². The molecule has 1 N–H and O–H groups in total. The third kappa shape index (κ3) is 4.25. The van der Waals surface area contributed by atoms with Crippen LogP contribution >= 0.6 is 0 Å². The lowest BCUT2D eigenvalue weighted by atomic mass is 10.1. The molecule has 0 fully saturated rings. The summed E-state index contributed by atoms with van der Waals surface area (Å²) in [6.45, 7) is 1.79. The normalized spacial score (nSPS) is 10.5. The molecule has 0 unspecified atom stereocenters. The maximum absolute atomic E-state index is 13.5. The topological polar surface area (TPSA) is 60.3 Å². The Morgan fingerprint density at radius 3 is 2.50 bits per heavy atom. The van der Waals surface area contributed by atoms with Crippen molar-refractivity contribution in [2.75, 3.05) is 13.2 Å². The van der Waals surface area contributed by atoms with Crippen molar-refractivity contribution >= 4 is 5.91 Å². The van der Waals surface area contributed by atoms with Gasteiger partial charge in [-0.15, -0.1) is 0 Å². The molecule has 0 spiro atoms. The molecule has 0 aliphatic heterocycles. The van der Waals surface area contributed by atoms with Crippen LogP contribution in [0.4, 0.5) is 8.78 Å². The minimum absolute atomic E-state index is 0.0160. The monoisotopic (exact) mass is 384 g/mol. The number of benzene rings is 2. The molecule has 0 aliphatic carbocycles. The van der Waals surface area contributed by atoms with Gasteiger partial charge in [-0.25, -0.2) is 8.78 Å². The van der Waals surface area contributed by atoms with E-state index in [0.29, 0.717) is 11.3 Å². The Labute approximate surface area is 160 Å². The molecular weight excluding hydrogens is 366 g/mol. The van der Waals surface area contributed by atoms with Crippen molar-refractivity contribution in [3.63, 3.8) is 0 Å². The van der Waals surface area contributed by atoms with E-state index in [0.717, 1.165) is 0 Å². The standard InChI is InChI=1S/C21H18F2N2O3/c1-14-10-12-25(16-8-6-15(22)7-9-16)21(27)19(14)20(26)24-11-13-28-18-5-3-2-4-17(18)23/h2-10,12H,11,13H2,1H3,(H,24,26). The summed E-state index contributed by atoms with van der Waals surface area (Å²) in [5.41, 5.74) is 0.427. The fourth-order valence-electron chi connectivity index (χ4n) is 2.68. The Morgan fingerprint density at radius 2 is 1.79 bits per heavy atom. The van der Waals surface area contributed by atoms with Crippen molar-refractivity contribution in [2.24, 2.45) is 0 Å². The van der Waals surface area contributed by atoms with Crippen molar-refractivity contribution in [3.05, 3.63) is 93.9 Å². The highest BCUT2D eigenvalue weighted by molar-refractivity contribution is 5.95. The average Bonchev–Trinajstić information content (AvgIpc) is 2.68. The number of aromatic nitrogens is 1. The summed E-state index contributed by atoms with van der Waals surface area (Å²) in [7, 11) is 0. The molecule has 28 heavy (non-hydrogen) atoms. The average molecular weight is 384 g/mol. The molecule has 3 rings (SSSR count). The summed E-state index contributed by atoms with van der Waals surface area (Å²) < 4.78 is 33.2. The van der Waals surface area contributed by atoms with Crippen LogP contribution in [0.25, 0.3) is 5.69 Å². The summed E-state index contributed by atoms with van der Waals surface area (Å²) >= 11 is 0. The van der Waals surface area contributed by atoms with Crippen LogP contribution in [0.1, 0.15) is 15.9 Å². The second kappa shape index (κ2) is 8.47. The van der Waals surface area contributed by atoms with Gasteiger partial charge >= 0.3 is 0 Å². The van der Waals surface area contributed by atoms with Crippen LogP contribution in [0.3, 0.4) is 0 Å². The number of aryl methyl sites for hydroxylation is 1. The third-order valence-corrected chi connectivity index (χ3v) is 4.11. The van der Waals surface area contributed by atoms with Crippen molar-refractivity contribution < 1.29 is 18.3 Å². The number of ether oxygens (including phenoxy) is 1. The van der Waals surface area contributed by atoms with Crippen molar-refractivity contribution in [1.29, 1.82) is 0 Å². The Hall–Kier alpha value is -3.48. The van der Waals surface area contributed by atoms with Gasteiger partial charge in [0, 0.05) is 11.9 Å². The van der Waals surface area contributed by atoms with E-state index in [1.807, 2.05) is 0 Å². The van der Waals surface area contributed by atoms with Gasteiger partial charge in [0.25, 0.3) is 11.5 Å². The second-order valence-corrected chi connectivity index (χ2v) is 6.06. The molecule has 0 saturated carbocycles. The van der Waals surface area contributed by atoms with Gasteiger partial charge in [0.2, 0.25) is 0 Å². The number of hydrogen-bond donors (Lipinski definition) is 1. The van der Waals surface area contributed by atoms with Crippen LogP contribution in [-0.4, -0.2) is 23.6 Å². The zero-order valence-electron chi connectivity index (χ0n) is 15.1. The summed E-state index contributed by atoms with van der Waals surface area (Å²) in [5.74, 6) is -1.38. The largest absolute Gasteiger partial charge is 0.489 e. The summed E-state index contributed by atoms with van der Waals surface area (Å²) in [4.78, 5) is 25.2. The number of carbonyl (C=O) groups is 1. The van der Waals surface area contributed by atoms with Gasteiger partial charge in [0.05, 0.1) is 6.54 Å². The summed E-state index contributed by atoms with van der Waals surface area (Å²) in [6.07, 6.45) is 1.53. The Kier molecular flexibility index (Phi) is 5.84. The Morgan fingerprint density at radius 1 is 1.07 bits per heavy atom. The van der Waals surface area contributed by atoms with Crippen molar-refractivity contribution in [1.82, 2.24) is 9.88 Å². The fourth-order valence-corrected chi connectivity index (χ4v) is 2.68. The molecule has 0 aliphatic rings. The highest BCUT2D eigenvalue weighted by Crippen LogP contribution is 2.15. The van der Waals surface area contributed by atoms with Crippen LogP contribution in [0.2, 0.25) is 0 Å². The number of halogens is 2. The SMILES string of the molecule is Cc1ccn(-c2ccc(F)cc2)c(=O)c1C(=O)NCCOc1ccccc1F. The van der Waals surface area contributed by atoms with Gasteiger partial charge in [-0.2, -0.15) is 0 Å². The molecule has 5 nitrogen and oxygen atoms in total. The number of rotatable bonds is 6. The lowest BCUT2D eigenvalue weighted by molar-refractivity contribution is 0.0944. The van der Waals surface area contributed by atoms with Crippen LogP contribution in [0.15, 0.2) is 65.6 Å². The van der Waals surface area contributed by atoms with E-state index in [4.69, 9.17) is 4.74 Å². The van der Waals surface area contributed by atoms with Crippen LogP contribution < -0.4 is 15.6 Å². The summed E-state index contributed by atoms with van der Waals surface area (Å²) in [6, 6.07) is 13.0. The van der Waals surface area contributed by atoms with Gasteiger partial charge in [-0.1, -0.05) is 12.1 Å². The number of para-hydroxylation sites is 1. The highest BCUT2D eigenvalue weighted by Gasteiger charge is 2.16. The molecule has 2 aromatic carbocycles. The molecule has 3 aromatic rings. The van der Waals surface area contributed by atoms with Gasteiger partial charge < -0.3 is 10.1 Å². The molecule has 0 bridgehead atoms. The maximum Gasteiger partial charge on any atom is 0.268 e. The number of nitrogens with one attached hydrogen (secondary N) is 1. The molecular formula is C21H18F2N2O3. The van der Waals surface area contributed by atoms with E-state index in [1.54, 1.807) is 25.1 Å². The summed E-state index contributed by atoms with van der Waals surface area (Å²) in [5, 5.41) is 2.60. The quantitative estimate of drug-likeness (QED) is 0.664. The zero-order chi connectivity index (χ0) is 20.1. The number of hydrogen-bond acceptors (Lipinski definition) is 3. The van der Waals surface area contributed by atoms with Crippen LogP contribution in [0.5, 0.6) is 5.75 Å². The molecule has 0 saturated heterocycles. The van der Waals surface area contributed by atoms with E-state index in [-0.39, 0.29) is 24.5 Å². The van der Waals surface area contributed by atoms with E-state index >= 15 is 0 Å². The molecule has 0 radical (unpaired) electrons. The predicted octanol–water partition coefficient (Wildman–Crippen LogP) is 3.23. The first-order valence-electron chi connectivity index (χ1n) is 8.61. The highest BCUT2D eigenvalue weighted by atomic mass is 19.1. The smallest absolute Gasteiger partial charge is 0.268 e. The number of amides is 1. The van der Waals surface area contributed by atoms with Gasteiger partial charge in [-0.3, -0.25) is 14.2 Å². The number of carbonyl (C=O) groups excluding carboxylic acids is 1. The fraction of sp³-hybridized carbons (Fsp3) is 0.143. The van der Waals surface area contributed by atoms with E-state index < -0.39 is 23.1 Å². The Balaban J connectivity index is 1.71. The lowest BCUT2D eigenvalue weighted by Gasteiger charge is -2.12. The molecule has 0 atom stereocenters. The van der Waals surface area contributed by atoms with E-state index in [9.17, 15) is 18.4 Å². The number of pyridine rings is 1. The van der Waals surface area contributed by atoms with E-state index in [2.05, 4.69) is 5.32 Å². The minimum atomic E-state index is -0.559. The van der Waals surface area contributed by atoms with Crippen LogP contribution in [0, 0.1) is 18.6 Å². The first-order chi connectivity index (χ1) is 13.5. The zero-order valence-corrected chi connectivity index (χ0v) is 15.1. The molecule has 1 amide bonds. The third-order valence-electron chi connectivity index (χ3n) is 4.11. The second-order valence-electron chi connectivity index (χ2n) is 6.06. The van der Waals surface area contributed by atoms with Crippen molar-refractivity contribution in [2.45, 2.75) is 6.92 Å². The molecule has 7 heteroatoms. The van der Waals surface area contributed by atoms with Crippen LogP contribution in [-0.2, 0) is 0 Å². The van der Waals surface area contributed by atoms with Crippen molar-refractivity contribution in [3.8, 4) is 11.4 Å². The van der Waals surface area contributed by atoms with Gasteiger partial charge in [-0.05, 0) is 55.0 Å².